The van der Waals surface area contributed by atoms with E-state index in [0.29, 0.717) is 16.6 Å². The average molecular weight is 305 g/mol. The molecule has 0 amide bonds. The maximum Gasteiger partial charge on any atom is 0.143 e. The second kappa shape index (κ2) is 4.44. The molecule has 4 heterocycles. The number of halogens is 1. The fraction of sp³-hybridized carbons (Fsp3) is 0.308. The summed E-state index contributed by atoms with van der Waals surface area (Å²) >= 11 is 6.00. The van der Waals surface area contributed by atoms with E-state index in [1.54, 1.807) is 16.8 Å². The molecule has 1 aliphatic heterocycles. The molecule has 0 bridgehead atoms. The van der Waals surface area contributed by atoms with E-state index in [0.717, 1.165) is 30.0 Å². The summed E-state index contributed by atoms with van der Waals surface area (Å²) in [6.45, 7) is 3.79. The van der Waals surface area contributed by atoms with E-state index in [4.69, 9.17) is 11.6 Å². The van der Waals surface area contributed by atoms with Gasteiger partial charge in [0.2, 0.25) is 0 Å². The van der Waals surface area contributed by atoms with Crippen LogP contribution in [0.15, 0.2) is 18.5 Å². The molecule has 7 nitrogen and oxygen atoms in total. The average Bonchev–Trinajstić information content (AvgIpc) is 2.93. The van der Waals surface area contributed by atoms with Gasteiger partial charge in [-0.1, -0.05) is 16.8 Å². The second-order valence-corrected chi connectivity index (χ2v) is 5.59. The minimum atomic E-state index is 0.0780. The van der Waals surface area contributed by atoms with Crippen LogP contribution in [0.1, 0.15) is 11.7 Å². The maximum absolute atomic E-state index is 10.1. The molecular weight excluding hydrogens is 292 g/mol. The fourth-order valence-electron chi connectivity index (χ4n) is 2.59. The van der Waals surface area contributed by atoms with Gasteiger partial charge in [0.25, 0.3) is 0 Å². The highest BCUT2D eigenvalue weighted by molar-refractivity contribution is 6.34. The molecular formula is C13H13ClN6O. The summed E-state index contributed by atoms with van der Waals surface area (Å²) in [7, 11) is 0. The monoisotopic (exact) mass is 304 g/mol. The predicted octanol–water partition coefficient (Wildman–Crippen LogP) is 1.40. The Labute approximate surface area is 125 Å². The molecule has 1 saturated heterocycles. The van der Waals surface area contributed by atoms with Crippen LogP contribution in [0.2, 0.25) is 5.02 Å². The van der Waals surface area contributed by atoms with Gasteiger partial charge in [0, 0.05) is 24.8 Å². The summed E-state index contributed by atoms with van der Waals surface area (Å²) in [5.74, 6) is 0.0780. The third-order valence-corrected chi connectivity index (χ3v) is 4.13. The van der Waals surface area contributed by atoms with E-state index in [-0.39, 0.29) is 5.75 Å². The molecule has 1 fully saturated rings. The Bertz CT molecular complexity index is 835. The topological polar surface area (TPSA) is 80.3 Å². The van der Waals surface area contributed by atoms with Gasteiger partial charge in [-0.15, -0.1) is 5.10 Å². The van der Waals surface area contributed by atoms with Crippen molar-refractivity contribution in [3.63, 3.8) is 0 Å². The lowest BCUT2D eigenvalue weighted by molar-refractivity contribution is 0.308. The molecule has 1 aliphatic rings. The Balaban J connectivity index is 1.84. The Kier molecular flexibility index (Phi) is 2.66. The van der Waals surface area contributed by atoms with Crippen molar-refractivity contribution in [2.75, 3.05) is 13.1 Å². The first-order valence-electron chi connectivity index (χ1n) is 6.64. The molecule has 4 rings (SSSR count). The van der Waals surface area contributed by atoms with Crippen molar-refractivity contribution < 1.29 is 5.11 Å². The number of hydrogen-bond donors (Lipinski definition) is 2. The number of fused-ring (bicyclic) bond motifs is 1. The van der Waals surface area contributed by atoms with Crippen molar-refractivity contribution in [1.82, 2.24) is 29.9 Å². The number of rotatable bonds is 2. The largest absolute Gasteiger partial charge is 0.506 e. The summed E-state index contributed by atoms with van der Waals surface area (Å²) < 4.78 is 3.47. The van der Waals surface area contributed by atoms with Crippen LogP contribution in [0.4, 0.5) is 0 Å². The third-order valence-electron chi connectivity index (χ3n) is 3.85. The molecule has 0 saturated carbocycles. The number of nitrogens with zero attached hydrogens (tertiary/aromatic N) is 5. The molecule has 21 heavy (non-hydrogen) atoms. The highest BCUT2D eigenvalue weighted by atomic mass is 35.5. The Morgan fingerprint density at radius 2 is 2.24 bits per heavy atom. The first-order chi connectivity index (χ1) is 10.1. The number of aromatic hydroxyl groups is 1. The quantitative estimate of drug-likeness (QED) is 0.748. The van der Waals surface area contributed by atoms with E-state index in [1.165, 1.54) is 6.20 Å². The lowest BCUT2D eigenvalue weighted by Crippen LogP contribution is -2.44. The van der Waals surface area contributed by atoms with E-state index < -0.39 is 0 Å². The van der Waals surface area contributed by atoms with E-state index in [1.807, 2.05) is 11.6 Å². The standard InChI is InChI=1S/C13H13ClN6O/c1-7-12(17-18-20(7)9-3-15-4-9)8-2-11(21)13-10(14)5-16-19(13)6-8/h2,5-6,9,15,21H,3-4H2,1H3. The van der Waals surface area contributed by atoms with Crippen LogP contribution in [0.3, 0.4) is 0 Å². The molecule has 0 radical (unpaired) electrons. The zero-order valence-electron chi connectivity index (χ0n) is 11.3. The summed E-state index contributed by atoms with van der Waals surface area (Å²) in [5, 5.41) is 26.4. The molecule has 0 atom stereocenters. The molecule has 0 aliphatic carbocycles. The van der Waals surface area contributed by atoms with Gasteiger partial charge in [-0.25, -0.2) is 9.20 Å². The van der Waals surface area contributed by atoms with Gasteiger partial charge in [-0.2, -0.15) is 5.10 Å². The molecule has 108 valence electrons. The first kappa shape index (κ1) is 12.6. The third kappa shape index (κ3) is 1.81. The zero-order chi connectivity index (χ0) is 14.6. The van der Waals surface area contributed by atoms with Crippen LogP contribution >= 0.6 is 11.6 Å². The lowest BCUT2D eigenvalue weighted by atomic mass is 10.1. The van der Waals surface area contributed by atoms with Crippen LogP contribution in [0.25, 0.3) is 16.8 Å². The van der Waals surface area contributed by atoms with Crippen LogP contribution < -0.4 is 5.32 Å². The highest BCUT2D eigenvalue weighted by Gasteiger charge is 2.24. The smallest absolute Gasteiger partial charge is 0.143 e. The van der Waals surface area contributed by atoms with Crippen molar-refractivity contribution in [3.05, 3.63) is 29.2 Å². The number of aromatic nitrogens is 5. The van der Waals surface area contributed by atoms with E-state index in [2.05, 4.69) is 20.7 Å². The van der Waals surface area contributed by atoms with E-state index >= 15 is 0 Å². The lowest BCUT2D eigenvalue weighted by Gasteiger charge is -2.27. The summed E-state index contributed by atoms with van der Waals surface area (Å²) in [6, 6.07) is 1.99. The number of pyridine rings is 1. The molecule has 0 aromatic carbocycles. The summed E-state index contributed by atoms with van der Waals surface area (Å²) in [6.07, 6.45) is 3.30. The number of nitrogens with one attached hydrogen (secondary N) is 1. The molecule has 8 heteroatoms. The Morgan fingerprint density at radius 1 is 1.43 bits per heavy atom. The van der Waals surface area contributed by atoms with Gasteiger partial charge in [0.05, 0.1) is 23.0 Å². The van der Waals surface area contributed by atoms with Gasteiger partial charge in [0.15, 0.2) is 0 Å². The molecule has 0 spiro atoms. The maximum atomic E-state index is 10.1. The van der Waals surface area contributed by atoms with Gasteiger partial charge >= 0.3 is 0 Å². The van der Waals surface area contributed by atoms with Crippen molar-refractivity contribution in [2.24, 2.45) is 0 Å². The highest BCUT2D eigenvalue weighted by Crippen LogP contribution is 2.31. The summed E-state index contributed by atoms with van der Waals surface area (Å²) in [4.78, 5) is 0. The minimum absolute atomic E-state index is 0.0780. The minimum Gasteiger partial charge on any atom is -0.506 e. The van der Waals surface area contributed by atoms with Crippen LogP contribution in [0, 0.1) is 6.92 Å². The van der Waals surface area contributed by atoms with Crippen molar-refractivity contribution >= 4 is 17.1 Å². The van der Waals surface area contributed by atoms with Crippen molar-refractivity contribution in [2.45, 2.75) is 13.0 Å². The van der Waals surface area contributed by atoms with Gasteiger partial charge in [-0.3, -0.25) is 0 Å². The summed E-state index contributed by atoms with van der Waals surface area (Å²) in [5.41, 5.74) is 2.97. The normalized spacial score (nSPS) is 15.5. The van der Waals surface area contributed by atoms with Crippen LogP contribution in [0.5, 0.6) is 5.75 Å². The SMILES string of the molecule is Cc1c(-c2cc(O)c3c(Cl)cnn3c2)nnn1C1CNC1. The number of hydrogen-bond acceptors (Lipinski definition) is 5. The molecule has 3 aromatic rings. The fourth-order valence-corrected chi connectivity index (χ4v) is 2.82. The van der Waals surface area contributed by atoms with Crippen molar-refractivity contribution in [3.8, 4) is 17.0 Å². The van der Waals surface area contributed by atoms with Crippen LogP contribution in [-0.4, -0.2) is 42.8 Å². The molecule has 3 aromatic heterocycles. The second-order valence-electron chi connectivity index (χ2n) is 5.18. The Hall–Kier alpha value is -2.12. The molecule has 2 N–H and O–H groups in total. The Morgan fingerprint density at radius 3 is 2.95 bits per heavy atom. The van der Waals surface area contributed by atoms with Gasteiger partial charge in [-0.05, 0) is 13.0 Å². The first-order valence-corrected chi connectivity index (χ1v) is 7.01. The zero-order valence-corrected chi connectivity index (χ0v) is 12.0. The van der Waals surface area contributed by atoms with Gasteiger partial charge in [0.1, 0.15) is 17.0 Å². The van der Waals surface area contributed by atoms with Crippen LogP contribution in [-0.2, 0) is 0 Å². The van der Waals surface area contributed by atoms with E-state index in [9.17, 15) is 5.11 Å². The van der Waals surface area contributed by atoms with Gasteiger partial charge < -0.3 is 10.4 Å². The van der Waals surface area contributed by atoms with Crippen molar-refractivity contribution in [1.29, 1.82) is 0 Å². The predicted molar refractivity (Wildman–Crippen MR) is 77.5 cm³/mol. The molecule has 0 unspecified atom stereocenters.